The standard InChI is InChI=1S/Al.2FH.O/h;2*1H;. The third-order valence-electron chi connectivity index (χ3n) is 0. The number of halogens is 2. The molecule has 0 aromatic rings. The van der Waals surface area contributed by atoms with Crippen LogP contribution in [0.4, 0.5) is 9.41 Å². The van der Waals surface area contributed by atoms with Gasteiger partial charge in [-0.1, -0.05) is 0 Å². The summed E-state index contributed by atoms with van der Waals surface area (Å²) < 4.78 is 8.17. The van der Waals surface area contributed by atoms with E-state index in [0.717, 1.165) is 0 Å². The molecule has 0 N–H and O–H groups in total. The van der Waals surface area contributed by atoms with Gasteiger partial charge in [-0.25, -0.2) is 0 Å². The SMILES string of the molecule is F.F.[O]=[Al]. The van der Waals surface area contributed by atoms with Crippen molar-refractivity contribution in [1.82, 2.24) is 0 Å². The quantitative estimate of drug-likeness (QED) is 0.371. The molecule has 0 rings (SSSR count). The Kier molecular flexibility index (Phi) is 3110. The van der Waals surface area contributed by atoms with E-state index in [9.17, 15) is 0 Å². The zero-order valence-corrected chi connectivity index (χ0v) is 2.96. The van der Waals surface area contributed by atoms with E-state index < -0.39 is 0 Å². The van der Waals surface area contributed by atoms with Crippen LogP contribution in [0.1, 0.15) is 0 Å². The van der Waals surface area contributed by atoms with Crippen molar-refractivity contribution in [3.63, 3.8) is 0 Å². The molecule has 0 unspecified atom stereocenters. The molecule has 0 aromatic carbocycles. The molecule has 0 aliphatic heterocycles. The molecule has 0 atom stereocenters. The summed E-state index contributed by atoms with van der Waals surface area (Å²) in [5.41, 5.74) is 0. The third kappa shape index (κ3) is 84.2. The molecule has 0 aliphatic carbocycles. The van der Waals surface area contributed by atoms with Gasteiger partial charge in [0, 0.05) is 0 Å². The summed E-state index contributed by atoms with van der Waals surface area (Å²) in [7, 11) is 0. The molecule has 0 saturated heterocycles. The molecule has 1 radical (unpaired) electrons. The van der Waals surface area contributed by atoms with Crippen LogP contribution >= 0.6 is 0 Å². The summed E-state index contributed by atoms with van der Waals surface area (Å²) >= 11 is 1.17. The van der Waals surface area contributed by atoms with Gasteiger partial charge in [0.1, 0.15) is 0 Å². The fourth-order valence-electron chi connectivity index (χ4n) is 0. The molecule has 1 nitrogen and oxygen atoms in total. The summed E-state index contributed by atoms with van der Waals surface area (Å²) in [4.78, 5) is 0. The molecule has 0 fully saturated rings. The first-order valence-electron chi connectivity index (χ1n) is 0.236. The molecule has 0 heterocycles. The van der Waals surface area contributed by atoms with Gasteiger partial charge >= 0.3 is 20.0 Å². The summed E-state index contributed by atoms with van der Waals surface area (Å²) in [5.74, 6) is 0. The van der Waals surface area contributed by atoms with Crippen LogP contribution in [0.2, 0.25) is 0 Å². The molecule has 0 bridgehead atoms. The van der Waals surface area contributed by atoms with Crippen LogP contribution in [0.3, 0.4) is 0 Å². The minimum atomic E-state index is 0. The predicted octanol–water partition coefficient (Wildman–Crippen LogP) is -0.195. The van der Waals surface area contributed by atoms with E-state index >= 15 is 0 Å². The molecule has 0 amide bonds. The van der Waals surface area contributed by atoms with E-state index in [-0.39, 0.29) is 9.41 Å². The van der Waals surface area contributed by atoms with Crippen molar-refractivity contribution in [2.24, 2.45) is 0 Å². The molecular formula is H2AlF2O. The Bertz CT molecular complexity index is 6.00. The van der Waals surface area contributed by atoms with Gasteiger partial charge < -0.3 is 0 Å². The molecule has 25 valence electrons. The Morgan fingerprint density at radius 3 is 1.00 bits per heavy atom. The number of rotatable bonds is 0. The summed E-state index contributed by atoms with van der Waals surface area (Å²) in [6.07, 6.45) is 0. The molecule has 4 heteroatoms. The maximum atomic E-state index is 8.17. The first-order chi connectivity index (χ1) is 1.00. The van der Waals surface area contributed by atoms with Crippen LogP contribution < -0.4 is 0 Å². The third-order valence-corrected chi connectivity index (χ3v) is 0. The van der Waals surface area contributed by atoms with E-state index in [1.807, 2.05) is 0 Å². The van der Waals surface area contributed by atoms with E-state index in [1.54, 1.807) is 0 Å². The second kappa shape index (κ2) is 414. The van der Waals surface area contributed by atoms with Gasteiger partial charge in [0.05, 0.1) is 0 Å². The van der Waals surface area contributed by atoms with Crippen LogP contribution in [0.25, 0.3) is 0 Å². The number of hydrogen-bond donors (Lipinski definition) is 0. The van der Waals surface area contributed by atoms with E-state index in [2.05, 4.69) is 0 Å². The number of hydrogen-bond acceptors (Lipinski definition) is 1. The Hall–Kier alpha value is 0.192. The van der Waals surface area contributed by atoms with Gasteiger partial charge in [-0.3, -0.25) is 9.41 Å². The van der Waals surface area contributed by atoms with Crippen molar-refractivity contribution in [1.29, 1.82) is 0 Å². The average molecular weight is 83.0 g/mol. The van der Waals surface area contributed by atoms with Crippen LogP contribution in [-0.4, -0.2) is 16.2 Å². The van der Waals surface area contributed by atoms with Crippen LogP contribution in [0.5, 0.6) is 0 Å². The summed E-state index contributed by atoms with van der Waals surface area (Å²) in [6.45, 7) is 0. The molecule has 0 aliphatic rings. The van der Waals surface area contributed by atoms with E-state index in [1.165, 1.54) is 16.2 Å². The van der Waals surface area contributed by atoms with Crippen LogP contribution in [-0.2, 0) is 3.80 Å². The van der Waals surface area contributed by atoms with Crippen LogP contribution in [0, 0.1) is 0 Å². The van der Waals surface area contributed by atoms with Gasteiger partial charge in [0.15, 0.2) is 0 Å². The summed E-state index contributed by atoms with van der Waals surface area (Å²) in [5, 5.41) is 0. The van der Waals surface area contributed by atoms with Crippen molar-refractivity contribution in [2.75, 3.05) is 0 Å². The normalized spacial score (nSPS) is 0.750. The van der Waals surface area contributed by atoms with Crippen LogP contribution in [0.15, 0.2) is 0 Å². The van der Waals surface area contributed by atoms with Gasteiger partial charge in [-0.2, -0.15) is 0 Å². The fraction of sp³-hybridized carbons (Fsp3) is 0. The Labute approximate surface area is 30.4 Å². The monoisotopic (exact) mass is 83.0 g/mol. The van der Waals surface area contributed by atoms with Crippen molar-refractivity contribution in [2.45, 2.75) is 0 Å². The Balaban J connectivity index is -0.00000000500. The molecule has 0 saturated carbocycles. The predicted molar refractivity (Wildman–Crippen MR) is 11.4 cm³/mol. The van der Waals surface area contributed by atoms with E-state index in [4.69, 9.17) is 3.80 Å². The van der Waals surface area contributed by atoms with Crippen molar-refractivity contribution < 1.29 is 13.2 Å². The summed E-state index contributed by atoms with van der Waals surface area (Å²) in [6, 6.07) is 0. The zero-order valence-electron chi connectivity index (χ0n) is 1.80. The minimum absolute atomic E-state index is 0. The van der Waals surface area contributed by atoms with E-state index in [0.29, 0.717) is 0 Å². The van der Waals surface area contributed by atoms with Crippen molar-refractivity contribution in [3.8, 4) is 0 Å². The fourth-order valence-corrected chi connectivity index (χ4v) is 0. The van der Waals surface area contributed by atoms with Crippen molar-refractivity contribution in [3.05, 3.63) is 0 Å². The molecule has 0 spiro atoms. The topological polar surface area (TPSA) is 17.1 Å². The second-order valence-electron chi connectivity index (χ2n) is 0. The first-order valence-corrected chi connectivity index (χ1v) is 0.707. The molecule has 0 aromatic heterocycles. The first kappa shape index (κ1) is 30.0. The van der Waals surface area contributed by atoms with Crippen molar-refractivity contribution >= 4 is 16.2 Å². The van der Waals surface area contributed by atoms with Gasteiger partial charge in [-0.15, -0.1) is 0 Å². The van der Waals surface area contributed by atoms with Gasteiger partial charge in [0.2, 0.25) is 0 Å². The molecule has 4 heavy (non-hydrogen) atoms. The van der Waals surface area contributed by atoms with Gasteiger partial charge in [0.25, 0.3) is 0 Å². The second-order valence-corrected chi connectivity index (χ2v) is 0. The van der Waals surface area contributed by atoms with Gasteiger partial charge in [-0.05, 0) is 0 Å². The Morgan fingerprint density at radius 1 is 1.00 bits per heavy atom. The zero-order chi connectivity index (χ0) is 2.00. The maximum absolute atomic E-state index is 8.17. The average Bonchev–Trinajstić information content (AvgIpc) is 1.00. The molecular weight excluding hydrogens is 81.0 g/mol. The Morgan fingerprint density at radius 2 is 1.00 bits per heavy atom.